The first kappa shape index (κ1) is 14.7. The zero-order chi connectivity index (χ0) is 12.6. The number of anilines is 1. The number of hydrogen-bond donors (Lipinski definition) is 0. The van der Waals surface area contributed by atoms with E-state index in [1.54, 1.807) is 0 Å². The van der Waals surface area contributed by atoms with Crippen LogP contribution in [0.25, 0.3) is 0 Å². The van der Waals surface area contributed by atoms with Gasteiger partial charge in [-0.05, 0) is 46.8 Å². The summed E-state index contributed by atoms with van der Waals surface area (Å²) in [6.45, 7) is 11.3. The van der Waals surface area contributed by atoms with Crippen LogP contribution in [0, 0.1) is 6.92 Å². The highest BCUT2D eigenvalue weighted by Gasteiger charge is 2.06. The Hall–Kier alpha value is -1.31. The fourth-order valence-electron chi connectivity index (χ4n) is 1.58. The van der Waals surface area contributed by atoms with E-state index >= 15 is 0 Å². The summed E-state index contributed by atoms with van der Waals surface area (Å²) in [5.74, 6) is 0. The van der Waals surface area contributed by atoms with E-state index in [1.807, 2.05) is 0 Å². The fraction of sp³-hybridized carbons (Fsp3) is 0.500. The molecule has 0 bridgehead atoms. The van der Waals surface area contributed by atoms with Crippen molar-refractivity contribution in [2.45, 2.75) is 40.7 Å². The summed E-state index contributed by atoms with van der Waals surface area (Å²) in [4.78, 5) is 11.2. The number of aryl methyl sites for hydroxylation is 1. The van der Waals surface area contributed by atoms with Crippen LogP contribution in [0.1, 0.15) is 33.3 Å². The van der Waals surface area contributed by atoms with Crippen molar-refractivity contribution in [2.75, 3.05) is 11.4 Å². The van der Waals surface area contributed by atoms with Crippen molar-refractivity contribution in [3.63, 3.8) is 0 Å². The lowest BCUT2D eigenvalue weighted by Crippen LogP contribution is -2.30. The molecule has 0 unspecified atom stereocenters. The normalized spacial score (nSPS) is 9.38. The second kappa shape index (κ2) is 7.91. The molecule has 1 aromatic carbocycles. The highest BCUT2D eigenvalue weighted by atomic mass is 16.1. The summed E-state index contributed by atoms with van der Waals surface area (Å²) in [6, 6.07) is 9.30. The number of carbonyl (C=O) groups is 1. The Morgan fingerprint density at radius 1 is 1.25 bits per heavy atom. The molecule has 0 heterocycles. The van der Waals surface area contributed by atoms with Gasteiger partial charge in [-0.2, -0.15) is 0 Å². The van der Waals surface area contributed by atoms with E-state index in [2.05, 4.69) is 56.9 Å². The molecular weight excluding hydrogens is 198 g/mol. The monoisotopic (exact) mass is 221 g/mol. The van der Waals surface area contributed by atoms with Gasteiger partial charge in [0.05, 0.1) is 0 Å². The molecule has 0 N–H and O–H groups in total. The van der Waals surface area contributed by atoms with E-state index in [0.29, 0.717) is 6.04 Å². The highest BCUT2D eigenvalue weighted by molar-refractivity contribution is 5.48. The van der Waals surface area contributed by atoms with Crippen LogP contribution in [0.3, 0.4) is 0 Å². The van der Waals surface area contributed by atoms with Gasteiger partial charge in [-0.15, -0.1) is 0 Å². The third-order valence-corrected chi connectivity index (χ3v) is 2.33. The summed E-state index contributed by atoms with van der Waals surface area (Å²) in [5.41, 5.74) is 2.65. The van der Waals surface area contributed by atoms with Crippen LogP contribution < -0.4 is 4.90 Å². The van der Waals surface area contributed by atoms with Gasteiger partial charge in [0.15, 0.2) is 0 Å². The molecule has 0 aromatic heterocycles. The number of nitrogens with zero attached hydrogens (tertiary/aromatic N) is 1. The van der Waals surface area contributed by atoms with Gasteiger partial charge in [-0.3, -0.25) is 0 Å². The molecule has 0 aliphatic rings. The van der Waals surface area contributed by atoms with Gasteiger partial charge < -0.3 is 9.69 Å². The summed E-state index contributed by atoms with van der Waals surface area (Å²) < 4.78 is 0. The summed E-state index contributed by atoms with van der Waals surface area (Å²) >= 11 is 0. The standard InChI is InChI=1S/C12H19N.C2H4O/c1-5-13(10(2)3)12-8-6-11(4)7-9-12;1-2-3/h6-10H,5H2,1-4H3;2H,1H3. The van der Waals surface area contributed by atoms with Crippen molar-refractivity contribution in [2.24, 2.45) is 0 Å². The van der Waals surface area contributed by atoms with E-state index in [9.17, 15) is 0 Å². The van der Waals surface area contributed by atoms with Gasteiger partial charge in [0.2, 0.25) is 0 Å². The van der Waals surface area contributed by atoms with E-state index < -0.39 is 0 Å². The molecule has 0 atom stereocenters. The lowest BCUT2D eigenvalue weighted by Gasteiger charge is -2.27. The predicted molar refractivity (Wildman–Crippen MR) is 71.1 cm³/mol. The van der Waals surface area contributed by atoms with Crippen LogP contribution in [0.5, 0.6) is 0 Å². The largest absolute Gasteiger partial charge is 0.369 e. The summed E-state index contributed by atoms with van der Waals surface area (Å²) in [7, 11) is 0. The van der Waals surface area contributed by atoms with E-state index in [4.69, 9.17) is 4.79 Å². The van der Waals surface area contributed by atoms with Crippen LogP contribution in [-0.2, 0) is 4.79 Å². The average molecular weight is 221 g/mol. The molecule has 0 amide bonds. The van der Waals surface area contributed by atoms with Gasteiger partial charge in [0.25, 0.3) is 0 Å². The van der Waals surface area contributed by atoms with Crippen molar-refractivity contribution in [1.29, 1.82) is 0 Å². The maximum atomic E-state index is 8.81. The highest BCUT2D eigenvalue weighted by Crippen LogP contribution is 2.16. The van der Waals surface area contributed by atoms with Crippen molar-refractivity contribution >= 4 is 12.0 Å². The van der Waals surface area contributed by atoms with E-state index in [-0.39, 0.29) is 0 Å². The minimum absolute atomic E-state index is 0.577. The van der Waals surface area contributed by atoms with Crippen LogP contribution >= 0.6 is 0 Å². The van der Waals surface area contributed by atoms with Crippen molar-refractivity contribution in [3.05, 3.63) is 29.8 Å². The van der Waals surface area contributed by atoms with E-state index in [1.165, 1.54) is 18.2 Å². The number of carbonyl (C=O) groups excluding carboxylic acids is 1. The van der Waals surface area contributed by atoms with Crippen LogP contribution in [0.2, 0.25) is 0 Å². The number of rotatable bonds is 3. The second-order valence-electron chi connectivity index (χ2n) is 3.95. The Balaban J connectivity index is 0.000000673. The third-order valence-electron chi connectivity index (χ3n) is 2.33. The molecule has 1 aromatic rings. The number of benzene rings is 1. The molecule has 0 spiro atoms. The van der Waals surface area contributed by atoms with Gasteiger partial charge in [-0.25, -0.2) is 0 Å². The maximum Gasteiger partial charge on any atom is 0.116 e. The quantitative estimate of drug-likeness (QED) is 0.729. The smallest absolute Gasteiger partial charge is 0.116 e. The Labute approximate surface area is 99.3 Å². The lowest BCUT2D eigenvalue weighted by molar-refractivity contribution is -0.106. The topological polar surface area (TPSA) is 20.3 Å². The zero-order valence-electron chi connectivity index (χ0n) is 11.0. The Bertz CT molecular complexity index is 290. The molecule has 0 aliphatic carbocycles. The van der Waals surface area contributed by atoms with Crippen LogP contribution in [0.4, 0.5) is 5.69 Å². The summed E-state index contributed by atoms with van der Waals surface area (Å²) in [6.07, 6.45) is 0.750. The molecule has 0 saturated carbocycles. The molecule has 1 rings (SSSR count). The fourth-order valence-corrected chi connectivity index (χ4v) is 1.58. The van der Waals surface area contributed by atoms with Crippen molar-refractivity contribution < 1.29 is 4.79 Å². The molecule has 16 heavy (non-hydrogen) atoms. The van der Waals surface area contributed by atoms with Gasteiger partial charge >= 0.3 is 0 Å². The second-order valence-corrected chi connectivity index (χ2v) is 3.95. The minimum atomic E-state index is 0.577. The maximum absolute atomic E-state index is 8.81. The van der Waals surface area contributed by atoms with Crippen LogP contribution in [0.15, 0.2) is 24.3 Å². The van der Waals surface area contributed by atoms with Gasteiger partial charge in [0, 0.05) is 18.3 Å². The van der Waals surface area contributed by atoms with Crippen LogP contribution in [-0.4, -0.2) is 18.9 Å². The van der Waals surface area contributed by atoms with E-state index in [0.717, 1.165) is 12.8 Å². The minimum Gasteiger partial charge on any atom is -0.369 e. The first-order valence-electron chi connectivity index (χ1n) is 5.79. The molecule has 90 valence electrons. The molecule has 0 fully saturated rings. The molecule has 0 radical (unpaired) electrons. The molecule has 2 nitrogen and oxygen atoms in total. The Kier molecular flexibility index (Phi) is 7.27. The zero-order valence-corrected chi connectivity index (χ0v) is 11.0. The predicted octanol–water partition coefficient (Wildman–Crippen LogP) is 3.43. The SMILES string of the molecule is CC=O.CCN(c1ccc(C)cc1)C(C)C. The molecule has 0 saturated heterocycles. The molecule has 0 aliphatic heterocycles. The number of aldehydes is 1. The van der Waals surface area contributed by atoms with Gasteiger partial charge in [0.1, 0.15) is 6.29 Å². The molecular formula is C14H23NO. The van der Waals surface area contributed by atoms with Crippen molar-refractivity contribution in [1.82, 2.24) is 0 Å². The first-order chi connectivity index (χ1) is 7.56. The Morgan fingerprint density at radius 2 is 1.69 bits per heavy atom. The Morgan fingerprint density at radius 3 is 2.00 bits per heavy atom. The lowest BCUT2D eigenvalue weighted by atomic mass is 10.2. The summed E-state index contributed by atoms with van der Waals surface area (Å²) in [5, 5.41) is 0. The molecule has 2 heteroatoms. The first-order valence-corrected chi connectivity index (χ1v) is 5.79. The third kappa shape index (κ3) is 4.96. The number of hydrogen-bond acceptors (Lipinski definition) is 2. The van der Waals surface area contributed by atoms with Gasteiger partial charge in [-0.1, -0.05) is 17.7 Å². The average Bonchev–Trinajstić information content (AvgIpc) is 2.22. The van der Waals surface area contributed by atoms with Crippen molar-refractivity contribution in [3.8, 4) is 0 Å².